The van der Waals surface area contributed by atoms with Crippen molar-refractivity contribution >= 4 is 24.0 Å². The second-order valence-electron chi connectivity index (χ2n) is 5.26. The van der Waals surface area contributed by atoms with E-state index in [2.05, 4.69) is 10.3 Å². The molecule has 1 saturated carbocycles. The van der Waals surface area contributed by atoms with Crippen LogP contribution in [0, 0.1) is 0 Å². The fourth-order valence-corrected chi connectivity index (χ4v) is 2.56. The van der Waals surface area contributed by atoms with Crippen LogP contribution in [-0.4, -0.2) is 16.4 Å². The molecule has 6 heteroatoms. The van der Waals surface area contributed by atoms with Crippen LogP contribution in [0.2, 0.25) is 0 Å². The number of aromatic nitrogens is 1. The van der Waals surface area contributed by atoms with Crippen molar-refractivity contribution in [1.29, 1.82) is 0 Å². The molecule has 21 heavy (non-hydrogen) atoms. The monoisotopic (exact) mass is 307 g/mol. The van der Waals surface area contributed by atoms with Crippen molar-refractivity contribution in [3.63, 3.8) is 0 Å². The van der Waals surface area contributed by atoms with E-state index < -0.39 is 5.54 Å². The van der Waals surface area contributed by atoms with Crippen LogP contribution in [0.5, 0.6) is 0 Å². The molecule has 1 aliphatic rings. The van der Waals surface area contributed by atoms with Crippen molar-refractivity contribution in [2.75, 3.05) is 5.32 Å². The Balaban J connectivity index is 0.00000161. The number of halogens is 1. The van der Waals surface area contributed by atoms with Gasteiger partial charge >= 0.3 is 0 Å². The molecule has 0 aliphatic heterocycles. The first-order valence-electron chi connectivity index (χ1n) is 6.77. The summed E-state index contributed by atoms with van der Waals surface area (Å²) >= 11 is 0. The minimum absolute atomic E-state index is 0. The molecule has 0 radical (unpaired) electrons. The largest absolute Gasteiger partial charge is 0.444 e. The number of nitrogens with zero attached hydrogens (tertiary/aromatic N) is 1. The summed E-state index contributed by atoms with van der Waals surface area (Å²) in [6.07, 6.45) is 6.61. The molecule has 2 aromatic rings. The normalized spacial score (nSPS) is 16.2. The van der Waals surface area contributed by atoms with Gasteiger partial charge in [-0.2, -0.15) is 0 Å². The highest BCUT2D eigenvalue weighted by Crippen LogP contribution is 2.28. The first-order valence-corrected chi connectivity index (χ1v) is 6.77. The van der Waals surface area contributed by atoms with Crippen LogP contribution >= 0.6 is 12.4 Å². The van der Waals surface area contributed by atoms with Gasteiger partial charge in [0, 0.05) is 11.3 Å². The number of carbonyl (C=O) groups excluding carboxylic acids is 1. The number of hydrogen-bond donors (Lipinski definition) is 2. The maximum Gasteiger partial charge on any atom is 0.244 e. The molecule has 5 nitrogen and oxygen atoms in total. The third-order valence-corrected chi connectivity index (χ3v) is 3.81. The first kappa shape index (κ1) is 15.5. The van der Waals surface area contributed by atoms with Gasteiger partial charge in [0.05, 0.1) is 11.7 Å². The Morgan fingerprint density at radius 1 is 1.24 bits per heavy atom. The van der Waals surface area contributed by atoms with Gasteiger partial charge < -0.3 is 15.5 Å². The lowest BCUT2D eigenvalue weighted by atomic mass is 9.98. The Morgan fingerprint density at radius 2 is 1.90 bits per heavy atom. The predicted octanol–water partition coefficient (Wildman–Crippen LogP) is 2.97. The summed E-state index contributed by atoms with van der Waals surface area (Å²) in [5, 5.41) is 2.89. The van der Waals surface area contributed by atoms with Crippen molar-refractivity contribution in [1.82, 2.24) is 4.98 Å². The summed E-state index contributed by atoms with van der Waals surface area (Å²) in [6.45, 7) is 0. The van der Waals surface area contributed by atoms with Crippen LogP contribution in [-0.2, 0) is 4.79 Å². The van der Waals surface area contributed by atoms with E-state index in [-0.39, 0.29) is 18.3 Å². The number of amides is 1. The molecule has 3 N–H and O–H groups in total. The Morgan fingerprint density at radius 3 is 2.48 bits per heavy atom. The van der Waals surface area contributed by atoms with Gasteiger partial charge in [-0.1, -0.05) is 12.8 Å². The number of rotatable bonds is 3. The number of carbonyl (C=O) groups is 1. The molecule has 0 saturated heterocycles. The third-order valence-electron chi connectivity index (χ3n) is 3.81. The fraction of sp³-hybridized carbons (Fsp3) is 0.333. The van der Waals surface area contributed by atoms with E-state index in [4.69, 9.17) is 10.2 Å². The van der Waals surface area contributed by atoms with Crippen LogP contribution in [0.4, 0.5) is 5.69 Å². The number of anilines is 1. The van der Waals surface area contributed by atoms with E-state index in [1.165, 1.54) is 6.39 Å². The standard InChI is InChI=1S/C15H17N3O2.ClH/c16-15(7-1-2-8-15)14(19)18-12-5-3-11(4-6-12)13-9-17-10-20-13;/h3-6,9-10H,1-2,7-8,16H2,(H,18,19);1H. The van der Waals surface area contributed by atoms with Gasteiger partial charge in [0.15, 0.2) is 12.2 Å². The zero-order valence-electron chi connectivity index (χ0n) is 11.5. The van der Waals surface area contributed by atoms with Crippen LogP contribution in [0.25, 0.3) is 11.3 Å². The summed E-state index contributed by atoms with van der Waals surface area (Å²) < 4.78 is 5.22. The molecule has 0 unspecified atom stereocenters. The second kappa shape index (κ2) is 6.28. The molecule has 0 spiro atoms. The van der Waals surface area contributed by atoms with Crippen LogP contribution in [0.15, 0.2) is 41.3 Å². The molecule has 1 aliphatic carbocycles. The van der Waals surface area contributed by atoms with Gasteiger partial charge in [0.2, 0.25) is 5.91 Å². The molecule has 112 valence electrons. The summed E-state index contributed by atoms with van der Waals surface area (Å²) in [7, 11) is 0. The third kappa shape index (κ3) is 3.25. The van der Waals surface area contributed by atoms with Crippen molar-refractivity contribution in [2.45, 2.75) is 31.2 Å². The average molecular weight is 308 g/mol. The van der Waals surface area contributed by atoms with E-state index in [1.807, 2.05) is 24.3 Å². The topological polar surface area (TPSA) is 81.2 Å². The van der Waals surface area contributed by atoms with Crippen molar-refractivity contribution in [3.8, 4) is 11.3 Å². The molecule has 1 fully saturated rings. The average Bonchev–Trinajstić information content (AvgIpc) is 3.11. The highest BCUT2D eigenvalue weighted by atomic mass is 35.5. The van der Waals surface area contributed by atoms with E-state index in [9.17, 15) is 4.79 Å². The summed E-state index contributed by atoms with van der Waals surface area (Å²) in [5.74, 6) is 0.608. The van der Waals surface area contributed by atoms with E-state index in [1.54, 1.807) is 6.20 Å². The Kier molecular flexibility index (Phi) is 4.65. The van der Waals surface area contributed by atoms with Crippen LogP contribution < -0.4 is 11.1 Å². The van der Waals surface area contributed by atoms with Gasteiger partial charge in [-0.15, -0.1) is 12.4 Å². The highest BCUT2D eigenvalue weighted by molar-refractivity contribution is 5.98. The van der Waals surface area contributed by atoms with Gasteiger partial charge in [0.25, 0.3) is 0 Å². The molecular formula is C15H18ClN3O2. The summed E-state index contributed by atoms with van der Waals surface area (Å²) in [4.78, 5) is 16.1. The molecule has 0 atom stereocenters. The summed E-state index contributed by atoms with van der Waals surface area (Å²) in [6, 6.07) is 7.45. The molecule has 0 bridgehead atoms. The van der Waals surface area contributed by atoms with Gasteiger partial charge in [-0.05, 0) is 37.1 Å². The molecule has 1 heterocycles. The number of benzene rings is 1. The quantitative estimate of drug-likeness (QED) is 0.913. The van der Waals surface area contributed by atoms with Crippen molar-refractivity contribution < 1.29 is 9.21 Å². The molecule has 3 rings (SSSR count). The Labute approximate surface area is 129 Å². The predicted molar refractivity (Wildman–Crippen MR) is 83.2 cm³/mol. The van der Waals surface area contributed by atoms with E-state index >= 15 is 0 Å². The number of nitrogens with two attached hydrogens (primary N) is 1. The molecule has 1 aromatic carbocycles. The zero-order chi connectivity index (χ0) is 14.0. The zero-order valence-corrected chi connectivity index (χ0v) is 12.4. The van der Waals surface area contributed by atoms with E-state index in [0.29, 0.717) is 5.76 Å². The maximum atomic E-state index is 12.2. The number of hydrogen-bond acceptors (Lipinski definition) is 4. The minimum Gasteiger partial charge on any atom is -0.444 e. The van der Waals surface area contributed by atoms with Gasteiger partial charge in [0.1, 0.15) is 0 Å². The van der Waals surface area contributed by atoms with Crippen molar-refractivity contribution in [2.24, 2.45) is 5.73 Å². The SMILES string of the molecule is Cl.NC1(C(=O)Nc2ccc(-c3cnco3)cc2)CCCC1. The number of oxazole rings is 1. The Hall–Kier alpha value is -1.85. The lowest BCUT2D eigenvalue weighted by Gasteiger charge is -2.22. The minimum atomic E-state index is -0.705. The smallest absolute Gasteiger partial charge is 0.244 e. The Bertz CT molecular complexity index is 590. The highest BCUT2D eigenvalue weighted by Gasteiger charge is 2.36. The van der Waals surface area contributed by atoms with Gasteiger partial charge in [-0.25, -0.2) is 4.98 Å². The van der Waals surface area contributed by atoms with Gasteiger partial charge in [-0.3, -0.25) is 4.79 Å². The fourth-order valence-electron chi connectivity index (χ4n) is 2.56. The lowest BCUT2D eigenvalue weighted by Crippen LogP contribution is -2.48. The van der Waals surface area contributed by atoms with Crippen LogP contribution in [0.3, 0.4) is 0 Å². The summed E-state index contributed by atoms with van der Waals surface area (Å²) in [5.41, 5.74) is 7.08. The molecular weight excluding hydrogens is 290 g/mol. The first-order chi connectivity index (χ1) is 9.67. The lowest BCUT2D eigenvalue weighted by molar-refractivity contribution is -0.121. The molecule has 1 aromatic heterocycles. The van der Waals surface area contributed by atoms with Crippen molar-refractivity contribution in [3.05, 3.63) is 36.9 Å². The number of nitrogens with one attached hydrogen (secondary N) is 1. The molecule has 1 amide bonds. The maximum absolute atomic E-state index is 12.2. The van der Waals surface area contributed by atoms with E-state index in [0.717, 1.165) is 36.9 Å². The second-order valence-corrected chi connectivity index (χ2v) is 5.26. The van der Waals surface area contributed by atoms with Crippen LogP contribution in [0.1, 0.15) is 25.7 Å².